The summed E-state index contributed by atoms with van der Waals surface area (Å²) in [6, 6.07) is 8.85. The summed E-state index contributed by atoms with van der Waals surface area (Å²) in [6.07, 6.45) is 7.51. The number of pyridine rings is 2. The molecule has 3 aromatic rings. The minimum Gasteiger partial charge on any atom is -0.485 e. The van der Waals surface area contributed by atoms with Crippen LogP contribution in [0.1, 0.15) is 48.6 Å². The van der Waals surface area contributed by atoms with Crippen LogP contribution in [0.5, 0.6) is 5.75 Å². The highest BCUT2D eigenvalue weighted by molar-refractivity contribution is 5.32. The third-order valence-corrected chi connectivity index (χ3v) is 4.86. The highest BCUT2D eigenvalue weighted by Crippen LogP contribution is 2.27. The van der Waals surface area contributed by atoms with Gasteiger partial charge in [-0.25, -0.2) is 15.0 Å². The zero-order valence-corrected chi connectivity index (χ0v) is 16.5. The summed E-state index contributed by atoms with van der Waals surface area (Å²) < 4.78 is 7.43. The van der Waals surface area contributed by atoms with E-state index in [0.29, 0.717) is 17.5 Å². The molecule has 146 valence electrons. The quantitative estimate of drug-likeness (QED) is 0.630. The van der Waals surface area contributed by atoms with Crippen molar-refractivity contribution in [2.45, 2.75) is 39.3 Å². The third-order valence-electron chi connectivity index (χ3n) is 4.86. The molecule has 1 saturated carbocycles. The van der Waals surface area contributed by atoms with Gasteiger partial charge in [0.2, 0.25) is 0 Å². The maximum atomic E-state index is 12.7. The smallest absolute Gasteiger partial charge is 0.255 e. The van der Waals surface area contributed by atoms with E-state index < -0.39 is 0 Å². The van der Waals surface area contributed by atoms with Crippen LogP contribution in [-0.4, -0.2) is 19.5 Å². The van der Waals surface area contributed by atoms with Gasteiger partial charge in [0.05, 0.1) is 6.04 Å². The van der Waals surface area contributed by atoms with Crippen molar-refractivity contribution in [3.63, 3.8) is 0 Å². The van der Waals surface area contributed by atoms with Crippen LogP contribution in [0.15, 0.2) is 53.7 Å². The molecule has 0 N–H and O–H groups in total. The standard InChI is InChI=1S/C23H22N4O2/c1-16-12-21(29-15-22-24-10-3-11-25-22)13-23(28)27(16)17(2)19-7-9-20(26-14-19)8-6-18-4-5-18/h3,7,9-14,17-18H,4-5,15H2,1-2H3. The van der Waals surface area contributed by atoms with E-state index in [2.05, 4.69) is 26.8 Å². The number of nitrogens with zero attached hydrogens (tertiary/aromatic N) is 4. The van der Waals surface area contributed by atoms with Crippen molar-refractivity contribution in [2.75, 3.05) is 0 Å². The van der Waals surface area contributed by atoms with Crippen molar-refractivity contribution < 1.29 is 4.74 Å². The Morgan fingerprint density at radius 3 is 2.66 bits per heavy atom. The first-order chi connectivity index (χ1) is 14.1. The lowest BCUT2D eigenvalue weighted by atomic mass is 10.1. The highest BCUT2D eigenvalue weighted by Gasteiger charge is 2.18. The lowest BCUT2D eigenvalue weighted by Crippen LogP contribution is -2.25. The molecule has 4 rings (SSSR count). The van der Waals surface area contributed by atoms with Crippen LogP contribution in [0, 0.1) is 24.7 Å². The van der Waals surface area contributed by atoms with Gasteiger partial charge in [-0.1, -0.05) is 12.0 Å². The van der Waals surface area contributed by atoms with Crippen molar-refractivity contribution in [1.29, 1.82) is 0 Å². The molecule has 1 atom stereocenters. The van der Waals surface area contributed by atoms with Gasteiger partial charge in [0, 0.05) is 36.3 Å². The van der Waals surface area contributed by atoms with Crippen LogP contribution in [0.2, 0.25) is 0 Å². The van der Waals surface area contributed by atoms with Crippen LogP contribution >= 0.6 is 0 Å². The van der Waals surface area contributed by atoms with Gasteiger partial charge in [0.25, 0.3) is 5.56 Å². The molecule has 1 fully saturated rings. The molecule has 6 heteroatoms. The van der Waals surface area contributed by atoms with Crippen molar-refractivity contribution in [1.82, 2.24) is 19.5 Å². The molecule has 3 heterocycles. The monoisotopic (exact) mass is 386 g/mol. The zero-order valence-electron chi connectivity index (χ0n) is 16.5. The van der Waals surface area contributed by atoms with Crippen LogP contribution < -0.4 is 10.3 Å². The summed E-state index contributed by atoms with van der Waals surface area (Å²) >= 11 is 0. The van der Waals surface area contributed by atoms with Crippen molar-refractivity contribution in [3.8, 4) is 17.6 Å². The van der Waals surface area contributed by atoms with E-state index in [1.165, 1.54) is 18.9 Å². The molecule has 0 radical (unpaired) electrons. The van der Waals surface area contributed by atoms with Crippen molar-refractivity contribution in [3.05, 3.63) is 82.1 Å². The predicted molar refractivity (Wildman–Crippen MR) is 109 cm³/mol. The molecule has 0 aromatic carbocycles. The van der Waals surface area contributed by atoms with E-state index in [1.807, 2.05) is 32.0 Å². The Hall–Kier alpha value is -3.46. The summed E-state index contributed by atoms with van der Waals surface area (Å²) in [7, 11) is 0. The molecular weight excluding hydrogens is 364 g/mol. The highest BCUT2D eigenvalue weighted by atomic mass is 16.5. The second kappa shape index (κ2) is 8.27. The van der Waals surface area contributed by atoms with Crippen LogP contribution in [0.3, 0.4) is 0 Å². The normalized spacial score (nSPS) is 14.0. The second-order valence-corrected chi connectivity index (χ2v) is 7.19. The largest absolute Gasteiger partial charge is 0.485 e. The molecule has 1 unspecified atom stereocenters. The lowest BCUT2D eigenvalue weighted by molar-refractivity contribution is 0.294. The van der Waals surface area contributed by atoms with Gasteiger partial charge in [-0.05, 0) is 56.4 Å². The molecule has 1 aliphatic rings. The number of rotatable bonds is 5. The van der Waals surface area contributed by atoms with Gasteiger partial charge in [0.1, 0.15) is 18.1 Å². The topological polar surface area (TPSA) is 69.9 Å². The number of hydrogen-bond acceptors (Lipinski definition) is 5. The predicted octanol–water partition coefficient (Wildman–Crippen LogP) is 3.29. The van der Waals surface area contributed by atoms with Crippen LogP contribution in [0.4, 0.5) is 0 Å². The van der Waals surface area contributed by atoms with Crippen molar-refractivity contribution >= 4 is 0 Å². The average Bonchev–Trinajstić information content (AvgIpc) is 3.56. The minimum absolute atomic E-state index is 0.126. The first kappa shape index (κ1) is 18.9. The van der Waals surface area contributed by atoms with Gasteiger partial charge < -0.3 is 9.30 Å². The zero-order chi connectivity index (χ0) is 20.2. The van der Waals surface area contributed by atoms with Gasteiger partial charge in [-0.3, -0.25) is 4.79 Å². The fourth-order valence-corrected chi connectivity index (χ4v) is 3.09. The number of aromatic nitrogens is 4. The van der Waals surface area contributed by atoms with Gasteiger partial charge in [-0.15, -0.1) is 0 Å². The number of hydrogen-bond donors (Lipinski definition) is 0. The minimum atomic E-state index is -0.146. The molecule has 0 saturated heterocycles. The Morgan fingerprint density at radius 2 is 2.00 bits per heavy atom. The van der Waals surface area contributed by atoms with E-state index in [1.54, 1.807) is 29.2 Å². The van der Waals surface area contributed by atoms with Gasteiger partial charge in [-0.2, -0.15) is 0 Å². The Labute approximate surface area is 169 Å². The fraction of sp³-hybridized carbons (Fsp3) is 0.304. The number of ether oxygens (including phenoxy) is 1. The second-order valence-electron chi connectivity index (χ2n) is 7.19. The molecule has 6 nitrogen and oxygen atoms in total. The fourth-order valence-electron chi connectivity index (χ4n) is 3.09. The average molecular weight is 386 g/mol. The SMILES string of the molecule is Cc1cc(OCc2ncccn2)cc(=O)n1C(C)c1ccc(C#CC2CC2)nc1. The summed E-state index contributed by atoms with van der Waals surface area (Å²) in [5.74, 6) is 7.95. The molecule has 0 spiro atoms. The summed E-state index contributed by atoms with van der Waals surface area (Å²) in [4.78, 5) is 25.4. The van der Waals surface area contributed by atoms with Gasteiger partial charge in [0.15, 0.2) is 5.82 Å². The number of aryl methyl sites for hydroxylation is 1. The molecule has 0 aliphatic heterocycles. The maximum Gasteiger partial charge on any atom is 0.255 e. The first-order valence-corrected chi connectivity index (χ1v) is 9.69. The summed E-state index contributed by atoms with van der Waals surface area (Å²) in [6.45, 7) is 4.10. The van der Waals surface area contributed by atoms with Crippen LogP contribution in [0.25, 0.3) is 0 Å². The van der Waals surface area contributed by atoms with Crippen LogP contribution in [-0.2, 0) is 6.61 Å². The van der Waals surface area contributed by atoms with E-state index in [4.69, 9.17) is 4.74 Å². The van der Waals surface area contributed by atoms with E-state index in [0.717, 1.165) is 17.0 Å². The van der Waals surface area contributed by atoms with Gasteiger partial charge >= 0.3 is 0 Å². The summed E-state index contributed by atoms with van der Waals surface area (Å²) in [5.41, 5.74) is 2.41. The van der Waals surface area contributed by atoms with E-state index in [9.17, 15) is 4.79 Å². The molecular formula is C23H22N4O2. The van der Waals surface area contributed by atoms with E-state index >= 15 is 0 Å². The van der Waals surface area contributed by atoms with E-state index in [-0.39, 0.29) is 18.2 Å². The molecule has 29 heavy (non-hydrogen) atoms. The first-order valence-electron chi connectivity index (χ1n) is 9.69. The Morgan fingerprint density at radius 1 is 1.21 bits per heavy atom. The lowest BCUT2D eigenvalue weighted by Gasteiger charge is -2.19. The third kappa shape index (κ3) is 4.69. The summed E-state index contributed by atoms with van der Waals surface area (Å²) in [5, 5.41) is 0. The molecule has 3 aromatic heterocycles. The Bertz CT molecular complexity index is 1110. The molecule has 0 bridgehead atoms. The van der Waals surface area contributed by atoms with Crippen molar-refractivity contribution in [2.24, 2.45) is 5.92 Å². The maximum absolute atomic E-state index is 12.7. The Kier molecular flexibility index (Phi) is 5.39. The molecule has 1 aliphatic carbocycles. The molecule has 0 amide bonds. The Balaban J connectivity index is 1.50.